The summed E-state index contributed by atoms with van der Waals surface area (Å²) in [5, 5.41) is 0. The number of carbonyl (C=O) groups is 1. The zero-order valence-electron chi connectivity index (χ0n) is 15.5. The Balaban J connectivity index is 1.48. The van der Waals surface area contributed by atoms with Gasteiger partial charge in [-0.3, -0.25) is 9.69 Å². The molecule has 2 aromatic heterocycles. The molecule has 4 rings (SSSR count). The van der Waals surface area contributed by atoms with Gasteiger partial charge in [0, 0.05) is 37.4 Å². The second-order valence-electron chi connectivity index (χ2n) is 8.07. The van der Waals surface area contributed by atoms with Crippen LogP contribution in [0.25, 0.3) is 5.65 Å². The van der Waals surface area contributed by atoms with Crippen LogP contribution in [0.4, 0.5) is 0 Å². The summed E-state index contributed by atoms with van der Waals surface area (Å²) in [6.45, 7) is 9.50. The molecule has 0 spiro atoms. The molecule has 0 saturated carbocycles. The molecule has 1 amide bonds. The quantitative estimate of drug-likeness (QED) is 0.840. The minimum atomic E-state index is 0.289. The van der Waals surface area contributed by atoms with Gasteiger partial charge >= 0.3 is 0 Å². The second-order valence-corrected chi connectivity index (χ2v) is 8.07. The first-order chi connectivity index (χ1) is 12.0. The molecule has 2 atom stereocenters. The zero-order valence-corrected chi connectivity index (χ0v) is 15.5. The number of pyridine rings is 1. The molecule has 2 aliphatic rings. The predicted octanol–water partition coefficient (Wildman–Crippen LogP) is 2.86. The van der Waals surface area contributed by atoms with Crippen LogP contribution in [0.1, 0.15) is 44.4 Å². The Kier molecular flexibility index (Phi) is 4.28. The Morgan fingerprint density at radius 3 is 2.88 bits per heavy atom. The first-order valence-corrected chi connectivity index (χ1v) is 9.49. The molecule has 0 radical (unpaired) electrons. The Morgan fingerprint density at radius 1 is 1.24 bits per heavy atom. The van der Waals surface area contributed by atoms with Crippen molar-refractivity contribution < 1.29 is 4.79 Å². The Morgan fingerprint density at radius 2 is 2.08 bits per heavy atom. The fraction of sp³-hybridized carbons (Fsp3) is 0.600. The molecule has 2 fully saturated rings. The molecule has 5 heteroatoms. The third-order valence-electron chi connectivity index (χ3n) is 5.70. The van der Waals surface area contributed by atoms with E-state index in [0.717, 1.165) is 30.9 Å². The summed E-state index contributed by atoms with van der Waals surface area (Å²) in [5.41, 5.74) is 3.15. The van der Waals surface area contributed by atoms with Gasteiger partial charge in [-0.1, -0.05) is 19.9 Å². The summed E-state index contributed by atoms with van der Waals surface area (Å²) < 4.78 is 2.06. The third-order valence-corrected chi connectivity index (χ3v) is 5.70. The van der Waals surface area contributed by atoms with Gasteiger partial charge in [0.05, 0.1) is 12.2 Å². The van der Waals surface area contributed by atoms with Crippen molar-refractivity contribution in [3.63, 3.8) is 0 Å². The molecular weight excluding hydrogens is 312 g/mol. The van der Waals surface area contributed by atoms with Crippen LogP contribution in [0.3, 0.4) is 0 Å². The van der Waals surface area contributed by atoms with Crippen molar-refractivity contribution in [2.75, 3.05) is 13.1 Å². The van der Waals surface area contributed by atoms with E-state index in [2.05, 4.69) is 53.4 Å². The highest BCUT2D eigenvalue weighted by Crippen LogP contribution is 2.33. The molecule has 134 valence electrons. The maximum atomic E-state index is 12.6. The lowest BCUT2D eigenvalue weighted by Crippen LogP contribution is -2.37. The summed E-state index contributed by atoms with van der Waals surface area (Å²) in [6, 6.07) is 4.89. The van der Waals surface area contributed by atoms with E-state index in [0.29, 0.717) is 31.0 Å². The van der Waals surface area contributed by atoms with Crippen LogP contribution >= 0.6 is 0 Å². The number of likely N-dealkylation sites (tertiary alicyclic amines) is 2. The lowest BCUT2D eigenvalue weighted by Gasteiger charge is -2.25. The second kappa shape index (κ2) is 6.45. The van der Waals surface area contributed by atoms with Gasteiger partial charge in [0.15, 0.2) is 0 Å². The molecule has 25 heavy (non-hydrogen) atoms. The Labute approximate surface area is 149 Å². The van der Waals surface area contributed by atoms with Crippen LogP contribution in [0.2, 0.25) is 0 Å². The van der Waals surface area contributed by atoms with Crippen LogP contribution in [-0.4, -0.2) is 50.3 Å². The minimum Gasteiger partial charge on any atom is -0.332 e. The van der Waals surface area contributed by atoms with Crippen LogP contribution in [0.15, 0.2) is 24.5 Å². The number of aryl methyl sites for hydroxylation is 1. The van der Waals surface area contributed by atoms with E-state index in [1.54, 1.807) is 0 Å². The van der Waals surface area contributed by atoms with Gasteiger partial charge in [-0.15, -0.1) is 0 Å². The fourth-order valence-electron chi connectivity index (χ4n) is 4.32. The molecule has 0 aromatic carbocycles. The Hall–Kier alpha value is -1.88. The van der Waals surface area contributed by atoms with Crippen molar-refractivity contribution in [3.05, 3.63) is 35.8 Å². The molecule has 2 aliphatic heterocycles. The number of hydrogen-bond donors (Lipinski definition) is 0. The molecule has 0 aliphatic carbocycles. The number of aromatic nitrogens is 2. The number of carbonyl (C=O) groups excluding carboxylic acids is 1. The number of amides is 1. The van der Waals surface area contributed by atoms with Crippen molar-refractivity contribution in [2.24, 2.45) is 5.92 Å². The van der Waals surface area contributed by atoms with E-state index in [9.17, 15) is 4.79 Å². The third kappa shape index (κ3) is 3.17. The molecule has 2 aromatic rings. The monoisotopic (exact) mass is 340 g/mol. The molecule has 2 saturated heterocycles. The molecule has 4 heterocycles. The summed E-state index contributed by atoms with van der Waals surface area (Å²) in [4.78, 5) is 21.9. The summed E-state index contributed by atoms with van der Waals surface area (Å²) in [7, 11) is 0. The largest absolute Gasteiger partial charge is 0.332 e. The number of imidazole rings is 1. The van der Waals surface area contributed by atoms with Gasteiger partial charge in [-0.05, 0) is 43.9 Å². The van der Waals surface area contributed by atoms with Crippen LogP contribution in [0.5, 0.6) is 0 Å². The van der Waals surface area contributed by atoms with Crippen molar-refractivity contribution in [1.29, 1.82) is 0 Å². The van der Waals surface area contributed by atoms with E-state index in [1.807, 2.05) is 6.07 Å². The van der Waals surface area contributed by atoms with Gasteiger partial charge in [-0.2, -0.15) is 0 Å². The number of nitrogens with zero attached hydrogens (tertiary/aromatic N) is 4. The van der Waals surface area contributed by atoms with Gasteiger partial charge in [0.2, 0.25) is 5.91 Å². The summed E-state index contributed by atoms with van der Waals surface area (Å²) >= 11 is 0. The standard InChI is InChI=1S/C20H28N4O/c1-14(2)6-8-22-9-7-17-18(22)10-20(25)24(17)13-16-12-23-11-15(3)4-5-19(23)21-16/h4-5,11-12,14,17-18H,6-10,13H2,1-3H3/t17-,18-/m0/s1. The van der Waals surface area contributed by atoms with Crippen LogP contribution in [-0.2, 0) is 11.3 Å². The van der Waals surface area contributed by atoms with Crippen molar-refractivity contribution >= 4 is 11.6 Å². The van der Waals surface area contributed by atoms with Crippen molar-refractivity contribution in [1.82, 2.24) is 19.2 Å². The highest BCUT2D eigenvalue weighted by molar-refractivity contribution is 5.80. The maximum Gasteiger partial charge on any atom is 0.224 e. The first-order valence-electron chi connectivity index (χ1n) is 9.49. The highest BCUT2D eigenvalue weighted by Gasteiger charge is 2.46. The van der Waals surface area contributed by atoms with Gasteiger partial charge < -0.3 is 9.30 Å². The van der Waals surface area contributed by atoms with Crippen molar-refractivity contribution in [2.45, 2.75) is 58.7 Å². The highest BCUT2D eigenvalue weighted by atomic mass is 16.2. The topological polar surface area (TPSA) is 40.9 Å². The predicted molar refractivity (Wildman–Crippen MR) is 98.3 cm³/mol. The first kappa shape index (κ1) is 16.6. The van der Waals surface area contributed by atoms with E-state index < -0.39 is 0 Å². The lowest BCUT2D eigenvalue weighted by atomic mass is 10.1. The normalized spacial score (nSPS) is 24.0. The average molecular weight is 340 g/mol. The molecule has 0 N–H and O–H groups in total. The van der Waals surface area contributed by atoms with Gasteiger partial charge in [0.25, 0.3) is 0 Å². The van der Waals surface area contributed by atoms with Crippen LogP contribution < -0.4 is 0 Å². The summed E-state index contributed by atoms with van der Waals surface area (Å²) in [5.74, 6) is 1.01. The number of hydrogen-bond acceptors (Lipinski definition) is 3. The number of fused-ring (bicyclic) bond motifs is 2. The van der Waals surface area contributed by atoms with E-state index in [4.69, 9.17) is 4.98 Å². The van der Waals surface area contributed by atoms with E-state index in [1.165, 1.54) is 12.0 Å². The average Bonchev–Trinajstić information content (AvgIpc) is 3.21. The Bertz CT molecular complexity index is 781. The maximum absolute atomic E-state index is 12.6. The fourth-order valence-corrected chi connectivity index (χ4v) is 4.32. The lowest BCUT2D eigenvalue weighted by molar-refractivity contribution is -0.129. The van der Waals surface area contributed by atoms with Crippen molar-refractivity contribution in [3.8, 4) is 0 Å². The number of rotatable bonds is 5. The summed E-state index contributed by atoms with van der Waals surface area (Å²) in [6.07, 6.45) is 7.14. The molecule has 0 unspecified atom stereocenters. The SMILES string of the molecule is Cc1ccc2nc(CN3C(=O)C[C@H]4[C@@H]3CCN4CCC(C)C)cn2c1. The smallest absolute Gasteiger partial charge is 0.224 e. The minimum absolute atomic E-state index is 0.289. The van der Waals surface area contributed by atoms with Crippen LogP contribution in [0, 0.1) is 12.8 Å². The van der Waals surface area contributed by atoms with Gasteiger partial charge in [-0.25, -0.2) is 4.98 Å². The molecule has 0 bridgehead atoms. The zero-order chi connectivity index (χ0) is 17.6. The van der Waals surface area contributed by atoms with Gasteiger partial charge in [0.1, 0.15) is 5.65 Å². The molecule has 5 nitrogen and oxygen atoms in total. The van der Waals surface area contributed by atoms with E-state index in [-0.39, 0.29) is 5.91 Å². The molecular formula is C20H28N4O. The van der Waals surface area contributed by atoms with E-state index >= 15 is 0 Å².